The third-order valence-electron chi connectivity index (χ3n) is 3.62. The van der Waals surface area contributed by atoms with Crippen molar-refractivity contribution in [2.45, 2.75) is 18.8 Å². The van der Waals surface area contributed by atoms with E-state index in [-0.39, 0.29) is 17.5 Å². The first-order chi connectivity index (χ1) is 9.15. The Balaban J connectivity index is 2.10. The summed E-state index contributed by atoms with van der Waals surface area (Å²) in [5.74, 6) is 0.0268. The molecule has 0 N–H and O–H groups in total. The summed E-state index contributed by atoms with van der Waals surface area (Å²) in [7, 11) is 0. The molecule has 3 rings (SSSR count). The lowest BCUT2D eigenvalue weighted by Gasteiger charge is -2.25. The minimum Gasteiger partial charge on any atom is -0.294 e. The Morgan fingerprint density at radius 3 is 2.58 bits per heavy atom. The molecule has 2 aromatic carbocycles. The molecule has 1 nitrogen and oxygen atoms in total. The molecule has 0 saturated carbocycles. The zero-order valence-corrected chi connectivity index (χ0v) is 11.0. The lowest BCUT2D eigenvalue weighted by Crippen LogP contribution is -2.16. The number of Topliss-reactive ketones (excluding diaryl/α,β-unsaturated/α-hetero) is 1. The summed E-state index contributed by atoms with van der Waals surface area (Å²) in [4.78, 5) is 11.9. The van der Waals surface area contributed by atoms with Crippen LogP contribution in [-0.2, 0) is 0 Å². The molecule has 3 heteroatoms. The van der Waals surface area contributed by atoms with Gasteiger partial charge in [-0.25, -0.2) is 4.39 Å². The van der Waals surface area contributed by atoms with E-state index < -0.39 is 0 Å². The maximum atomic E-state index is 13.0. The second-order valence-electron chi connectivity index (χ2n) is 4.80. The van der Waals surface area contributed by atoms with Crippen LogP contribution < -0.4 is 0 Å². The lowest BCUT2D eigenvalue weighted by atomic mass is 9.78. The van der Waals surface area contributed by atoms with Crippen molar-refractivity contribution in [1.82, 2.24) is 0 Å². The Labute approximate surface area is 116 Å². The molecule has 0 aromatic heterocycles. The van der Waals surface area contributed by atoms with E-state index in [1.165, 1.54) is 12.1 Å². The Morgan fingerprint density at radius 1 is 1.11 bits per heavy atom. The van der Waals surface area contributed by atoms with Crippen LogP contribution >= 0.6 is 11.6 Å². The van der Waals surface area contributed by atoms with Crippen LogP contribution in [0.4, 0.5) is 4.39 Å². The molecule has 1 unspecified atom stereocenters. The van der Waals surface area contributed by atoms with Crippen LogP contribution in [0.5, 0.6) is 0 Å². The predicted octanol–water partition coefficient (Wildman–Crippen LogP) is 4.59. The third kappa shape index (κ3) is 2.28. The zero-order valence-electron chi connectivity index (χ0n) is 10.2. The number of hydrogen-bond acceptors (Lipinski definition) is 1. The second-order valence-corrected chi connectivity index (χ2v) is 5.23. The Hall–Kier alpha value is -1.67. The van der Waals surface area contributed by atoms with Gasteiger partial charge in [-0.2, -0.15) is 0 Å². The summed E-state index contributed by atoms with van der Waals surface area (Å²) >= 11 is 6.03. The van der Waals surface area contributed by atoms with Crippen LogP contribution in [0.25, 0.3) is 0 Å². The fourth-order valence-corrected chi connectivity index (χ4v) is 2.86. The van der Waals surface area contributed by atoms with Crippen LogP contribution in [0.3, 0.4) is 0 Å². The van der Waals surface area contributed by atoms with Gasteiger partial charge in [-0.1, -0.05) is 23.7 Å². The first-order valence-corrected chi connectivity index (χ1v) is 6.61. The van der Waals surface area contributed by atoms with Gasteiger partial charge in [-0.05, 0) is 47.9 Å². The second kappa shape index (κ2) is 4.78. The summed E-state index contributed by atoms with van der Waals surface area (Å²) < 4.78 is 13.0. The summed E-state index contributed by atoms with van der Waals surface area (Å²) in [5, 5.41) is 0.626. The molecule has 2 aromatic rings. The van der Waals surface area contributed by atoms with E-state index in [0.717, 1.165) is 23.1 Å². The molecular weight excluding hydrogens is 263 g/mol. The Bertz CT molecular complexity index is 634. The van der Waals surface area contributed by atoms with Crippen LogP contribution in [-0.4, -0.2) is 5.78 Å². The van der Waals surface area contributed by atoms with Crippen LogP contribution in [0, 0.1) is 5.82 Å². The van der Waals surface area contributed by atoms with E-state index in [1.54, 1.807) is 24.3 Å². The largest absolute Gasteiger partial charge is 0.294 e. The third-order valence-corrected chi connectivity index (χ3v) is 3.86. The lowest BCUT2D eigenvalue weighted by molar-refractivity contribution is 0.0969. The van der Waals surface area contributed by atoms with Gasteiger partial charge in [0.05, 0.1) is 0 Å². The standard InChI is InChI=1S/C16H12ClFO/c17-11-3-6-14-15(9-11)13(7-8-16(14)19)10-1-4-12(18)5-2-10/h1-6,9,13H,7-8H2. The van der Waals surface area contributed by atoms with Gasteiger partial charge in [0, 0.05) is 22.9 Å². The highest BCUT2D eigenvalue weighted by Crippen LogP contribution is 2.37. The number of rotatable bonds is 1. The molecular formula is C16H12ClFO. The molecule has 0 bridgehead atoms. The van der Waals surface area contributed by atoms with Gasteiger partial charge in [0.2, 0.25) is 0 Å². The molecule has 0 fully saturated rings. The quantitative estimate of drug-likeness (QED) is 0.743. The van der Waals surface area contributed by atoms with Crippen molar-refractivity contribution in [2.75, 3.05) is 0 Å². The summed E-state index contributed by atoms with van der Waals surface area (Å²) in [6.07, 6.45) is 1.27. The van der Waals surface area contributed by atoms with Crippen molar-refractivity contribution in [3.05, 3.63) is 70.0 Å². The molecule has 1 atom stereocenters. The smallest absolute Gasteiger partial charge is 0.163 e. The first-order valence-electron chi connectivity index (χ1n) is 6.23. The fourth-order valence-electron chi connectivity index (χ4n) is 2.68. The number of ketones is 1. The molecule has 0 amide bonds. The average Bonchev–Trinajstić information content (AvgIpc) is 2.40. The maximum absolute atomic E-state index is 13.0. The zero-order chi connectivity index (χ0) is 13.4. The predicted molar refractivity (Wildman–Crippen MR) is 73.3 cm³/mol. The normalized spacial score (nSPS) is 18.2. The number of carbonyl (C=O) groups is 1. The van der Waals surface area contributed by atoms with Crippen LogP contribution in [0.2, 0.25) is 5.02 Å². The van der Waals surface area contributed by atoms with Crippen molar-refractivity contribution in [3.63, 3.8) is 0 Å². The van der Waals surface area contributed by atoms with Crippen LogP contribution in [0.15, 0.2) is 42.5 Å². The molecule has 1 aliphatic carbocycles. The van der Waals surface area contributed by atoms with E-state index in [1.807, 2.05) is 6.07 Å². The van der Waals surface area contributed by atoms with Crippen molar-refractivity contribution in [2.24, 2.45) is 0 Å². The molecule has 19 heavy (non-hydrogen) atoms. The van der Waals surface area contributed by atoms with Gasteiger partial charge in [0.15, 0.2) is 5.78 Å². The summed E-state index contributed by atoms with van der Waals surface area (Å²) in [6, 6.07) is 11.8. The first kappa shape index (κ1) is 12.4. The highest BCUT2D eigenvalue weighted by atomic mass is 35.5. The number of fused-ring (bicyclic) bond motifs is 1. The van der Waals surface area contributed by atoms with Gasteiger partial charge >= 0.3 is 0 Å². The van der Waals surface area contributed by atoms with Crippen LogP contribution in [0.1, 0.15) is 40.2 Å². The monoisotopic (exact) mass is 274 g/mol. The van der Waals surface area contributed by atoms with E-state index >= 15 is 0 Å². The molecule has 0 saturated heterocycles. The maximum Gasteiger partial charge on any atom is 0.163 e. The number of carbonyl (C=O) groups excluding carboxylic acids is 1. The van der Waals surface area contributed by atoms with Gasteiger partial charge in [0.1, 0.15) is 5.82 Å². The Morgan fingerprint density at radius 2 is 1.84 bits per heavy atom. The SMILES string of the molecule is O=C1CCC(c2ccc(F)cc2)c2cc(Cl)ccc21. The molecule has 96 valence electrons. The molecule has 0 radical (unpaired) electrons. The minimum absolute atomic E-state index is 0.118. The number of halogens is 2. The highest BCUT2D eigenvalue weighted by molar-refractivity contribution is 6.30. The topological polar surface area (TPSA) is 17.1 Å². The molecule has 1 aliphatic rings. The molecule has 0 spiro atoms. The highest BCUT2D eigenvalue weighted by Gasteiger charge is 2.26. The number of benzene rings is 2. The van der Waals surface area contributed by atoms with Crippen molar-refractivity contribution in [1.29, 1.82) is 0 Å². The fraction of sp³-hybridized carbons (Fsp3) is 0.188. The average molecular weight is 275 g/mol. The Kier molecular flexibility index (Phi) is 3.11. The van der Waals surface area contributed by atoms with Crippen molar-refractivity contribution < 1.29 is 9.18 Å². The van der Waals surface area contributed by atoms with E-state index in [4.69, 9.17) is 11.6 Å². The van der Waals surface area contributed by atoms with E-state index in [0.29, 0.717) is 11.4 Å². The van der Waals surface area contributed by atoms with Crippen molar-refractivity contribution in [3.8, 4) is 0 Å². The van der Waals surface area contributed by atoms with Gasteiger partial charge in [0.25, 0.3) is 0 Å². The van der Waals surface area contributed by atoms with Gasteiger partial charge < -0.3 is 0 Å². The van der Waals surface area contributed by atoms with E-state index in [2.05, 4.69) is 0 Å². The van der Waals surface area contributed by atoms with E-state index in [9.17, 15) is 9.18 Å². The van der Waals surface area contributed by atoms with Gasteiger partial charge in [-0.3, -0.25) is 4.79 Å². The summed E-state index contributed by atoms with van der Waals surface area (Å²) in [6.45, 7) is 0. The minimum atomic E-state index is -0.248. The molecule has 0 heterocycles. The van der Waals surface area contributed by atoms with Gasteiger partial charge in [-0.15, -0.1) is 0 Å². The van der Waals surface area contributed by atoms with Crippen molar-refractivity contribution >= 4 is 17.4 Å². The summed E-state index contributed by atoms with van der Waals surface area (Å²) in [5.41, 5.74) is 2.72. The molecule has 0 aliphatic heterocycles. The number of hydrogen-bond donors (Lipinski definition) is 0.